The van der Waals surface area contributed by atoms with Gasteiger partial charge in [-0.3, -0.25) is 24.2 Å². The zero-order chi connectivity index (χ0) is 37.6. The number of methoxy groups -OCH3 is 1. The summed E-state index contributed by atoms with van der Waals surface area (Å²) in [6, 6.07) is 2.53. The first-order valence-corrected chi connectivity index (χ1v) is 17.9. The van der Waals surface area contributed by atoms with Crippen LogP contribution < -0.4 is 20.7 Å². The van der Waals surface area contributed by atoms with E-state index in [1.54, 1.807) is 11.8 Å². The molecular weight excluding hydrogens is 701 g/mol. The lowest BCUT2D eigenvalue weighted by Gasteiger charge is -2.36. The van der Waals surface area contributed by atoms with Crippen LogP contribution in [-0.2, 0) is 20.3 Å². The van der Waals surface area contributed by atoms with Crippen molar-refractivity contribution < 1.29 is 37.1 Å². The molecule has 0 radical (unpaired) electrons. The molecule has 0 spiro atoms. The number of pyridine rings is 1. The Kier molecular flexibility index (Phi) is 12.5. The molecule has 2 aliphatic rings. The zero-order valence-electron chi connectivity index (χ0n) is 29.4. The summed E-state index contributed by atoms with van der Waals surface area (Å²) in [5.41, 5.74) is -0.584. The number of hydrogen-bond acceptors (Lipinski definition) is 10. The van der Waals surface area contributed by atoms with Crippen molar-refractivity contribution in [3.8, 4) is 5.75 Å². The first kappa shape index (κ1) is 38.6. The minimum Gasteiger partial charge on any atom is -0.495 e. The van der Waals surface area contributed by atoms with Gasteiger partial charge in [0.15, 0.2) is 0 Å². The Hall–Kier alpha value is -4.64. The van der Waals surface area contributed by atoms with E-state index >= 15 is 13.2 Å². The molecule has 3 atom stereocenters. The number of ether oxygens (including phenoxy) is 1. The van der Waals surface area contributed by atoms with Gasteiger partial charge in [0.25, 0.3) is 11.8 Å². The van der Waals surface area contributed by atoms with Crippen LogP contribution in [-0.4, -0.2) is 100 Å². The fourth-order valence-electron chi connectivity index (χ4n) is 6.50. The Morgan fingerprint density at radius 1 is 1.00 bits per heavy atom. The Morgan fingerprint density at radius 2 is 1.71 bits per heavy atom. The molecule has 2 aromatic heterocycles. The van der Waals surface area contributed by atoms with Gasteiger partial charge in [0.2, 0.25) is 11.8 Å². The van der Waals surface area contributed by atoms with Gasteiger partial charge < -0.3 is 30.5 Å². The summed E-state index contributed by atoms with van der Waals surface area (Å²) in [4.78, 5) is 61.2. The van der Waals surface area contributed by atoms with Crippen LogP contribution in [0.5, 0.6) is 5.75 Å². The van der Waals surface area contributed by atoms with Gasteiger partial charge in [-0.05, 0) is 67.0 Å². The number of aromatic nitrogens is 3. The molecular formula is C35H43F3N8O5S. The second kappa shape index (κ2) is 16.8. The highest BCUT2D eigenvalue weighted by Gasteiger charge is 2.45. The van der Waals surface area contributed by atoms with Crippen molar-refractivity contribution in [3.63, 3.8) is 0 Å². The van der Waals surface area contributed by atoms with E-state index in [1.165, 1.54) is 31.6 Å². The van der Waals surface area contributed by atoms with E-state index in [-0.39, 0.29) is 22.2 Å². The summed E-state index contributed by atoms with van der Waals surface area (Å²) >= 11 is 0.875. The van der Waals surface area contributed by atoms with Gasteiger partial charge in [0.05, 0.1) is 30.8 Å². The molecule has 1 saturated heterocycles. The Bertz CT molecular complexity index is 1730. The van der Waals surface area contributed by atoms with Crippen LogP contribution in [0.3, 0.4) is 0 Å². The van der Waals surface area contributed by atoms with E-state index in [2.05, 4.69) is 42.3 Å². The Balaban J connectivity index is 1.35. The van der Waals surface area contributed by atoms with E-state index in [9.17, 15) is 19.2 Å². The number of likely N-dealkylation sites (N-methyl/N-ethyl adjacent to an activating group) is 1. The van der Waals surface area contributed by atoms with Gasteiger partial charge in [0.1, 0.15) is 28.5 Å². The molecule has 52 heavy (non-hydrogen) atoms. The predicted molar refractivity (Wildman–Crippen MR) is 186 cm³/mol. The van der Waals surface area contributed by atoms with Crippen molar-refractivity contribution in [2.24, 2.45) is 11.8 Å². The average molecular weight is 745 g/mol. The van der Waals surface area contributed by atoms with Crippen molar-refractivity contribution in [1.82, 2.24) is 35.0 Å². The number of amides is 4. The Labute approximate surface area is 303 Å². The van der Waals surface area contributed by atoms with Gasteiger partial charge in [-0.1, -0.05) is 37.2 Å². The van der Waals surface area contributed by atoms with Gasteiger partial charge in [-0.2, -0.15) is 8.78 Å². The number of benzene rings is 1. The molecule has 0 bridgehead atoms. The summed E-state index contributed by atoms with van der Waals surface area (Å²) < 4.78 is 55.2. The van der Waals surface area contributed by atoms with Gasteiger partial charge in [-0.25, -0.2) is 4.39 Å². The van der Waals surface area contributed by atoms with E-state index in [0.717, 1.165) is 42.7 Å². The molecule has 0 unspecified atom stereocenters. The maximum atomic E-state index is 15.8. The van der Waals surface area contributed by atoms with E-state index in [4.69, 9.17) is 4.74 Å². The minimum atomic E-state index is -4.05. The molecule has 1 saturated carbocycles. The number of rotatable bonds is 12. The first-order valence-electron chi connectivity index (χ1n) is 17.1. The molecule has 17 heteroatoms. The maximum absolute atomic E-state index is 15.8. The molecule has 1 aliphatic heterocycles. The molecule has 13 nitrogen and oxygen atoms in total. The molecule has 4 amide bonds. The molecule has 5 rings (SSSR count). The van der Waals surface area contributed by atoms with Gasteiger partial charge in [-0.15, -0.1) is 5.10 Å². The highest BCUT2D eigenvalue weighted by atomic mass is 32.1. The molecule has 1 aliphatic carbocycles. The quantitative estimate of drug-likeness (QED) is 0.251. The number of alkyl halides is 2. The first-order chi connectivity index (χ1) is 24.8. The van der Waals surface area contributed by atoms with Crippen LogP contribution in [0.15, 0.2) is 42.9 Å². The van der Waals surface area contributed by atoms with Gasteiger partial charge in [0, 0.05) is 38.3 Å². The highest BCUT2D eigenvalue weighted by Crippen LogP contribution is 2.34. The average Bonchev–Trinajstić information content (AvgIpc) is 3.69. The molecule has 280 valence electrons. The standard InChI is InChI=1S/C35H43F3N8O5S/c1-20-5-7-22(8-6-20)30(43-34(50)35(37,38)24-16-25(51-4)18-39-17-24)32(48)41-27-10-9-23(15-26(27)36)21(2)29(42-31(47)28-19-40-44-52-28)33(49)46-13-11-45(3)12-14-46/h9-10,15-22,29-30H,5-8,11-14H2,1-4H3,(H,41,48)(H,42,47)(H,43,50)/t20?,21-,22?,29+,30-/m0/s1. The number of hydrogen-bond donors (Lipinski definition) is 3. The van der Waals surface area contributed by atoms with Crippen molar-refractivity contribution in [1.29, 1.82) is 0 Å². The van der Waals surface area contributed by atoms with Crippen molar-refractivity contribution in [2.75, 3.05) is 45.7 Å². The number of piperazine rings is 1. The van der Waals surface area contributed by atoms with Crippen molar-refractivity contribution >= 4 is 40.8 Å². The number of anilines is 1. The number of nitrogens with one attached hydrogen (secondary N) is 3. The molecule has 3 aromatic rings. The largest absolute Gasteiger partial charge is 0.495 e. The van der Waals surface area contributed by atoms with E-state index in [0.29, 0.717) is 50.5 Å². The lowest BCUT2D eigenvalue weighted by atomic mass is 9.79. The lowest BCUT2D eigenvalue weighted by molar-refractivity contribution is -0.149. The molecule has 3 heterocycles. The number of nitrogens with zero attached hydrogens (tertiary/aromatic N) is 5. The molecule has 1 aromatic carbocycles. The van der Waals surface area contributed by atoms with Gasteiger partial charge >= 0.3 is 5.92 Å². The smallest absolute Gasteiger partial charge is 0.351 e. The number of carbonyl (C=O) groups excluding carboxylic acids is 4. The molecule has 2 fully saturated rings. The van der Waals surface area contributed by atoms with Crippen LogP contribution in [0.2, 0.25) is 0 Å². The topological polar surface area (TPSA) is 159 Å². The van der Waals surface area contributed by atoms with Crippen LogP contribution in [0, 0.1) is 17.7 Å². The third-order valence-corrected chi connectivity index (χ3v) is 10.6. The second-order valence-corrected chi connectivity index (χ2v) is 14.3. The maximum Gasteiger partial charge on any atom is 0.351 e. The summed E-state index contributed by atoms with van der Waals surface area (Å²) in [5.74, 6) is -9.10. The van der Waals surface area contributed by atoms with E-state index < -0.39 is 58.9 Å². The van der Waals surface area contributed by atoms with Crippen LogP contribution in [0.4, 0.5) is 18.9 Å². The monoisotopic (exact) mass is 744 g/mol. The minimum absolute atomic E-state index is 0.0308. The Morgan fingerprint density at radius 3 is 2.35 bits per heavy atom. The van der Waals surface area contributed by atoms with Crippen LogP contribution in [0.1, 0.15) is 66.2 Å². The number of carbonyl (C=O) groups is 4. The SMILES string of the molecule is COc1cncc(C(F)(F)C(=O)N[C@H](C(=O)Nc2ccc([C@H](C)[C@@H](NC(=O)c3cnns3)C(=O)N3CCN(C)CC3)cc2F)C2CCC(C)CC2)c1. The lowest BCUT2D eigenvalue weighted by Crippen LogP contribution is -2.55. The summed E-state index contributed by atoms with van der Waals surface area (Å²) in [7, 11) is 3.23. The highest BCUT2D eigenvalue weighted by molar-refractivity contribution is 7.07. The van der Waals surface area contributed by atoms with Crippen molar-refractivity contribution in [2.45, 2.75) is 63.5 Å². The fourth-order valence-corrected chi connectivity index (χ4v) is 6.92. The third kappa shape index (κ3) is 9.04. The molecule has 3 N–H and O–H groups in total. The zero-order valence-corrected chi connectivity index (χ0v) is 30.2. The summed E-state index contributed by atoms with van der Waals surface area (Å²) in [6.45, 7) is 5.95. The fraction of sp³-hybridized carbons (Fsp3) is 0.514. The van der Waals surface area contributed by atoms with Crippen LogP contribution in [0.25, 0.3) is 0 Å². The summed E-state index contributed by atoms with van der Waals surface area (Å²) in [6.07, 6.45) is 5.81. The van der Waals surface area contributed by atoms with Crippen LogP contribution >= 0.6 is 11.5 Å². The van der Waals surface area contributed by atoms with E-state index in [1.807, 2.05) is 7.05 Å². The van der Waals surface area contributed by atoms with Crippen molar-refractivity contribution in [3.05, 3.63) is 64.7 Å². The summed E-state index contributed by atoms with van der Waals surface area (Å²) in [5, 5.41) is 11.2. The number of halogens is 3. The third-order valence-electron chi connectivity index (χ3n) is 9.93. The second-order valence-electron chi connectivity index (χ2n) is 13.5. The predicted octanol–water partition coefficient (Wildman–Crippen LogP) is 3.80. The normalized spacial score (nSPS) is 19.9.